The van der Waals surface area contributed by atoms with Gasteiger partial charge in [0.2, 0.25) is 0 Å². The van der Waals surface area contributed by atoms with Gasteiger partial charge in [0.25, 0.3) is 0 Å². The minimum atomic E-state index is 0.470. The third-order valence-corrected chi connectivity index (χ3v) is 3.89. The Labute approximate surface area is 108 Å². The van der Waals surface area contributed by atoms with Crippen LogP contribution in [-0.4, -0.2) is 17.6 Å². The molecule has 4 heteroatoms. The van der Waals surface area contributed by atoms with Gasteiger partial charge in [0.15, 0.2) is 0 Å². The van der Waals surface area contributed by atoms with Gasteiger partial charge in [0.1, 0.15) is 11.0 Å². The first-order valence-corrected chi connectivity index (χ1v) is 6.55. The average Bonchev–Trinajstić information content (AvgIpc) is 2.22. The van der Waals surface area contributed by atoms with Crippen LogP contribution in [0.15, 0.2) is 12.1 Å². The fourth-order valence-electron chi connectivity index (χ4n) is 2.67. The SMILES string of the molecule is CC1CC(C)C(C)N(c2cc(N)cc(Cl)n2)C1. The lowest BCUT2D eigenvalue weighted by Gasteiger charge is -2.42. The molecule has 17 heavy (non-hydrogen) atoms. The van der Waals surface area contributed by atoms with Crippen LogP contribution in [0.4, 0.5) is 11.5 Å². The zero-order valence-corrected chi connectivity index (χ0v) is 11.4. The third-order valence-electron chi connectivity index (χ3n) is 3.69. The van der Waals surface area contributed by atoms with Crippen molar-refractivity contribution in [2.45, 2.75) is 33.2 Å². The Bertz CT molecular complexity index is 387. The molecular formula is C13H20ClN3. The van der Waals surface area contributed by atoms with Crippen molar-refractivity contribution in [2.75, 3.05) is 17.2 Å². The fraction of sp³-hybridized carbons (Fsp3) is 0.615. The van der Waals surface area contributed by atoms with E-state index in [0.29, 0.717) is 28.7 Å². The number of pyridine rings is 1. The molecule has 0 amide bonds. The Balaban J connectivity index is 2.30. The molecular weight excluding hydrogens is 234 g/mol. The van der Waals surface area contributed by atoms with Crippen LogP contribution in [0.25, 0.3) is 0 Å². The van der Waals surface area contributed by atoms with E-state index in [4.69, 9.17) is 17.3 Å². The van der Waals surface area contributed by atoms with E-state index in [-0.39, 0.29) is 0 Å². The van der Waals surface area contributed by atoms with Crippen LogP contribution in [-0.2, 0) is 0 Å². The molecule has 1 aromatic rings. The van der Waals surface area contributed by atoms with E-state index in [1.54, 1.807) is 6.07 Å². The maximum Gasteiger partial charge on any atom is 0.133 e. The first kappa shape index (κ1) is 12.5. The Morgan fingerprint density at radius 3 is 2.71 bits per heavy atom. The second-order valence-corrected chi connectivity index (χ2v) is 5.68. The minimum Gasteiger partial charge on any atom is -0.399 e. The van der Waals surface area contributed by atoms with Crippen LogP contribution in [0.2, 0.25) is 5.15 Å². The summed E-state index contributed by atoms with van der Waals surface area (Å²) in [6, 6.07) is 4.08. The number of nitrogens with two attached hydrogens (primary N) is 1. The van der Waals surface area contributed by atoms with Crippen LogP contribution in [0, 0.1) is 11.8 Å². The highest BCUT2D eigenvalue weighted by molar-refractivity contribution is 6.29. The molecule has 0 aromatic carbocycles. The van der Waals surface area contributed by atoms with Crippen LogP contribution in [0.1, 0.15) is 27.2 Å². The summed E-state index contributed by atoms with van der Waals surface area (Å²) in [4.78, 5) is 6.71. The maximum atomic E-state index is 5.97. The van der Waals surface area contributed by atoms with E-state index in [9.17, 15) is 0 Å². The predicted octanol–water partition coefficient (Wildman–Crippen LogP) is 3.19. The van der Waals surface area contributed by atoms with Crippen molar-refractivity contribution in [3.63, 3.8) is 0 Å². The van der Waals surface area contributed by atoms with Gasteiger partial charge in [0.05, 0.1) is 0 Å². The summed E-state index contributed by atoms with van der Waals surface area (Å²) < 4.78 is 0. The lowest BCUT2D eigenvalue weighted by Crippen LogP contribution is -2.46. The topological polar surface area (TPSA) is 42.1 Å². The van der Waals surface area contributed by atoms with Gasteiger partial charge in [0, 0.05) is 24.3 Å². The monoisotopic (exact) mass is 253 g/mol. The largest absolute Gasteiger partial charge is 0.399 e. The smallest absolute Gasteiger partial charge is 0.133 e. The zero-order valence-electron chi connectivity index (χ0n) is 10.7. The highest BCUT2D eigenvalue weighted by Gasteiger charge is 2.29. The molecule has 94 valence electrons. The number of anilines is 2. The molecule has 0 radical (unpaired) electrons. The van der Waals surface area contributed by atoms with Gasteiger partial charge in [-0.2, -0.15) is 0 Å². The van der Waals surface area contributed by atoms with E-state index in [2.05, 4.69) is 30.7 Å². The first-order chi connectivity index (χ1) is 7.97. The van der Waals surface area contributed by atoms with Gasteiger partial charge in [-0.1, -0.05) is 25.4 Å². The van der Waals surface area contributed by atoms with Crippen LogP contribution < -0.4 is 10.6 Å². The summed E-state index contributed by atoms with van der Waals surface area (Å²) in [5, 5.41) is 0.470. The van der Waals surface area contributed by atoms with Crippen molar-refractivity contribution >= 4 is 23.1 Å². The van der Waals surface area contributed by atoms with E-state index in [0.717, 1.165) is 12.4 Å². The summed E-state index contributed by atoms with van der Waals surface area (Å²) in [5.41, 5.74) is 6.51. The van der Waals surface area contributed by atoms with Crippen molar-refractivity contribution in [2.24, 2.45) is 11.8 Å². The Morgan fingerprint density at radius 1 is 1.35 bits per heavy atom. The number of piperidine rings is 1. The number of rotatable bonds is 1. The van der Waals surface area contributed by atoms with E-state index >= 15 is 0 Å². The van der Waals surface area contributed by atoms with Crippen molar-refractivity contribution in [1.29, 1.82) is 0 Å². The van der Waals surface area contributed by atoms with Crippen molar-refractivity contribution in [1.82, 2.24) is 4.98 Å². The Hall–Kier alpha value is -0.960. The van der Waals surface area contributed by atoms with Crippen LogP contribution in [0.3, 0.4) is 0 Å². The molecule has 0 aliphatic carbocycles. The molecule has 2 N–H and O–H groups in total. The number of nitrogen functional groups attached to an aromatic ring is 1. The van der Waals surface area contributed by atoms with E-state index in [1.165, 1.54) is 6.42 Å². The highest BCUT2D eigenvalue weighted by Crippen LogP contribution is 2.31. The Morgan fingerprint density at radius 2 is 2.06 bits per heavy atom. The van der Waals surface area contributed by atoms with Gasteiger partial charge in [-0.3, -0.25) is 0 Å². The molecule has 3 atom stereocenters. The van der Waals surface area contributed by atoms with Gasteiger partial charge in [-0.15, -0.1) is 0 Å². The zero-order chi connectivity index (χ0) is 12.6. The first-order valence-electron chi connectivity index (χ1n) is 6.17. The van der Waals surface area contributed by atoms with Crippen molar-refractivity contribution < 1.29 is 0 Å². The van der Waals surface area contributed by atoms with E-state index in [1.807, 2.05) is 6.07 Å². The molecule has 2 heterocycles. The lowest BCUT2D eigenvalue weighted by molar-refractivity contribution is 0.295. The number of hydrogen-bond donors (Lipinski definition) is 1. The molecule has 0 bridgehead atoms. The van der Waals surface area contributed by atoms with Gasteiger partial charge in [-0.05, 0) is 31.2 Å². The highest BCUT2D eigenvalue weighted by atomic mass is 35.5. The molecule has 3 unspecified atom stereocenters. The number of nitrogens with zero attached hydrogens (tertiary/aromatic N) is 2. The second-order valence-electron chi connectivity index (χ2n) is 5.29. The molecule has 0 saturated carbocycles. The number of hydrogen-bond acceptors (Lipinski definition) is 3. The molecule has 0 spiro atoms. The minimum absolute atomic E-state index is 0.470. The summed E-state index contributed by atoms with van der Waals surface area (Å²) in [6.45, 7) is 7.85. The number of aromatic nitrogens is 1. The standard InChI is InChI=1S/C13H20ClN3/c1-8-4-9(2)10(3)17(7-8)13-6-11(15)5-12(14)16-13/h5-6,8-10H,4,7H2,1-3H3,(H2,15,16). The number of halogens is 1. The normalized spacial score (nSPS) is 29.4. The van der Waals surface area contributed by atoms with Gasteiger partial charge < -0.3 is 10.6 Å². The predicted molar refractivity (Wildman–Crippen MR) is 73.4 cm³/mol. The van der Waals surface area contributed by atoms with Crippen LogP contribution in [0.5, 0.6) is 0 Å². The fourth-order valence-corrected chi connectivity index (χ4v) is 2.88. The summed E-state index contributed by atoms with van der Waals surface area (Å²) in [7, 11) is 0. The molecule has 1 aliphatic rings. The van der Waals surface area contributed by atoms with Gasteiger partial charge in [-0.25, -0.2) is 4.98 Å². The average molecular weight is 254 g/mol. The quantitative estimate of drug-likeness (QED) is 0.782. The summed E-state index contributed by atoms with van der Waals surface area (Å²) >= 11 is 5.97. The van der Waals surface area contributed by atoms with Gasteiger partial charge >= 0.3 is 0 Å². The second kappa shape index (κ2) is 4.73. The van der Waals surface area contributed by atoms with Crippen LogP contribution >= 0.6 is 11.6 Å². The van der Waals surface area contributed by atoms with E-state index < -0.39 is 0 Å². The Kier molecular flexibility index (Phi) is 3.48. The molecule has 1 aliphatic heterocycles. The maximum absolute atomic E-state index is 5.97. The van der Waals surface area contributed by atoms with Crippen molar-refractivity contribution in [3.05, 3.63) is 17.3 Å². The lowest BCUT2D eigenvalue weighted by atomic mass is 9.86. The molecule has 1 fully saturated rings. The molecule has 2 rings (SSSR count). The summed E-state index contributed by atoms with van der Waals surface area (Å²) in [6.07, 6.45) is 1.27. The van der Waals surface area contributed by atoms with Crippen molar-refractivity contribution in [3.8, 4) is 0 Å². The molecule has 1 saturated heterocycles. The molecule has 1 aromatic heterocycles. The molecule has 3 nitrogen and oxygen atoms in total. The summed E-state index contributed by atoms with van der Waals surface area (Å²) in [5.74, 6) is 2.25. The third kappa shape index (κ3) is 2.65.